The monoisotopic (exact) mass is 349 g/mol. The topological polar surface area (TPSA) is 66.4 Å². The second-order valence-electron chi connectivity index (χ2n) is 5.42. The SMILES string of the molecule is C=CCC(O)C1(NS(=O)(=O)c2ccc(Cl)s2)CCCCC1. The number of sulfonamides is 1. The van der Waals surface area contributed by atoms with Gasteiger partial charge in [0.05, 0.1) is 16.0 Å². The van der Waals surface area contributed by atoms with Crippen LogP contribution in [-0.2, 0) is 10.0 Å². The molecule has 21 heavy (non-hydrogen) atoms. The fourth-order valence-corrected chi connectivity index (χ4v) is 5.80. The molecule has 1 fully saturated rings. The van der Waals surface area contributed by atoms with Crippen molar-refractivity contribution >= 4 is 33.0 Å². The molecule has 2 N–H and O–H groups in total. The maximum Gasteiger partial charge on any atom is 0.250 e. The van der Waals surface area contributed by atoms with Crippen LogP contribution in [0.25, 0.3) is 0 Å². The Balaban J connectivity index is 2.28. The molecule has 118 valence electrons. The van der Waals surface area contributed by atoms with Gasteiger partial charge in [-0.25, -0.2) is 13.1 Å². The van der Waals surface area contributed by atoms with Crippen LogP contribution < -0.4 is 4.72 Å². The summed E-state index contributed by atoms with van der Waals surface area (Å²) in [6.45, 7) is 3.63. The van der Waals surface area contributed by atoms with Gasteiger partial charge >= 0.3 is 0 Å². The molecule has 1 heterocycles. The zero-order valence-electron chi connectivity index (χ0n) is 11.7. The van der Waals surface area contributed by atoms with Crippen LogP contribution in [0.4, 0.5) is 0 Å². The number of hydrogen-bond donors (Lipinski definition) is 2. The van der Waals surface area contributed by atoms with Gasteiger partial charge in [-0.1, -0.05) is 36.9 Å². The van der Waals surface area contributed by atoms with E-state index in [1.54, 1.807) is 12.1 Å². The summed E-state index contributed by atoms with van der Waals surface area (Å²) in [5.74, 6) is 0. The molecule has 4 nitrogen and oxygen atoms in total. The molecule has 1 aliphatic carbocycles. The van der Waals surface area contributed by atoms with Crippen molar-refractivity contribution in [1.29, 1.82) is 0 Å². The highest BCUT2D eigenvalue weighted by atomic mass is 35.5. The van der Waals surface area contributed by atoms with Gasteiger partial charge in [0.25, 0.3) is 10.0 Å². The van der Waals surface area contributed by atoms with Crippen molar-refractivity contribution in [3.8, 4) is 0 Å². The standard InChI is InChI=1S/C14H20ClNO3S2/c1-2-6-11(17)14(9-4-3-5-10-14)16-21(18,19)13-8-7-12(15)20-13/h2,7-8,11,16-17H,1,3-6,9-10H2. The van der Waals surface area contributed by atoms with E-state index < -0.39 is 21.7 Å². The molecule has 0 amide bonds. The van der Waals surface area contributed by atoms with Gasteiger partial charge in [-0.3, -0.25) is 0 Å². The van der Waals surface area contributed by atoms with Crippen molar-refractivity contribution in [3.05, 3.63) is 29.1 Å². The normalized spacial score (nSPS) is 20.1. The lowest BCUT2D eigenvalue weighted by atomic mass is 9.77. The zero-order valence-corrected chi connectivity index (χ0v) is 14.1. The van der Waals surface area contributed by atoms with Gasteiger partial charge in [-0.2, -0.15) is 0 Å². The molecule has 1 aliphatic rings. The number of rotatable bonds is 6. The Morgan fingerprint density at radius 1 is 1.43 bits per heavy atom. The molecule has 2 rings (SSSR count). The first-order valence-electron chi connectivity index (χ1n) is 6.98. The Morgan fingerprint density at radius 2 is 2.10 bits per heavy atom. The molecule has 1 saturated carbocycles. The summed E-state index contributed by atoms with van der Waals surface area (Å²) in [6, 6.07) is 3.06. The third kappa shape index (κ3) is 3.87. The first kappa shape index (κ1) is 17.0. The molecule has 1 atom stereocenters. The summed E-state index contributed by atoms with van der Waals surface area (Å²) in [6.07, 6.45) is 5.38. The van der Waals surface area contributed by atoms with Gasteiger partial charge in [-0.05, 0) is 31.4 Å². The molecular formula is C14H20ClNO3S2. The number of aliphatic hydroxyl groups is 1. The quantitative estimate of drug-likeness (QED) is 0.774. The molecule has 1 aromatic rings. The Morgan fingerprint density at radius 3 is 2.62 bits per heavy atom. The molecular weight excluding hydrogens is 330 g/mol. The van der Waals surface area contributed by atoms with Crippen LogP contribution in [-0.4, -0.2) is 25.2 Å². The van der Waals surface area contributed by atoms with Crippen LogP contribution >= 0.6 is 22.9 Å². The van der Waals surface area contributed by atoms with Crippen LogP contribution in [0.5, 0.6) is 0 Å². The van der Waals surface area contributed by atoms with E-state index in [0.717, 1.165) is 30.6 Å². The average Bonchev–Trinajstić information content (AvgIpc) is 2.87. The van der Waals surface area contributed by atoms with Gasteiger partial charge in [-0.15, -0.1) is 17.9 Å². The lowest BCUT2D eigenvalue weighted by Gasteiger charge is -2.41. The number of hydrogen-bond acceptors (Lipinski definition) is 4. The van der Waals surface area contributed by atoms with Crippen LogP contribution in [0.2, 0.25) is 4.34 Å². The average molecular weight is 350 g/mol. The first-order valence-corrected chi connectivity index (χ1v) is 9.66. The molecule has 7 heteroatoms. The maximum absolute atomic E-state index is 12.5. The van der Waals surface area contributed by atoms with E-state index in [2.05, 4.69) is 11.3 Å². The molecule has 0 bridgehead atoms. The largest absolute Gasteiger partial charge is 0.391 e. The highest BCUT2D eigenvalue weighted by Crippen LogP contribution is 2.35. The van der Waals surface area contributed by atoms with E-state index in [0.29, 0.717) is 23.6 Å². The first-order chi connectivity index (χ1) is 9.89. The van der Waals surface area contributed by atoms with Crippen LogP contribution in [0.15, 0.2) is 29.0 Å². The molecule has 0 spiro atoms. The fraction of sp³-hybridized carbons (Fsp3) is 0.571. The third-order valence-corrected chi connectivity index (χ3v) is 7.20. The molecule has 1 unspecified atom stereocenters. The van der Waals surface area contributed by atoms with E-state index in [9.17, 15) is 13.5 Å². The van der Waals surface area contributed by atoms with Crippen molar-refractivity contribution < 1.29 is 13.5 Å². The summed E-state index contributed by atoms with van der Waals surface area (Å²) >= 11 is 6.84. The van der Waals surface area contributed by atoms with E-state index in [1.807, 2.05) is 0 Å². The van der Waals surface area contributed by atoms with E-state index in [1.165, 1.54) is 6.07 Å². The Hall–Kier alpha value is -0.400. The maximum atomic E-state index is 12.5. The van der Waals surface area contributed by atoms with Crippen molar-refractivity contribution in [2.45, 2.75) is 54.4 Å². The molecule has 0 saturated heterocycles. The van der Waals surface area contributed by atoms with Crippen molar-refractivity contribution in [3.63, 3.8) is 0 Å². The third-order valence-electron chi connectivity index (χ3n) is 3.92. The number of nitrogens with one attached hydrogen (secondary N) is 1. The van der Waals surface area contributed by atoms with E-state index in [-0.39, 0.29) is 4.21 Å². The minimum atomic E-state index is -3.67. The number of aliphatic hydroxyl groups excluding tert-OH is 1. The van der Waals surface area contributed by atoms with Crippen LogP contribution in [0, 0.1) is 0 Å². The van der Waals surface area contributed by atoms with Gasteiger partial charge in [0, 0.05) is 0 Å². The Kier molecular flexibility index (Phi) is 5.48. The summed E-state index contributed by atoms with van der Waals surface area (Å²) in [7, 11) is -3.67. The van der Waals surface area contributed by atoms with E-state index >= 15 is 0 Å². The molecule has 0 aliphatic heterocycles. The second kappa shape index (κ2) is 6.79. The van der Waals surface area contributed by atoms with Gasteiger partial charge < -0.3 is 5.11 Å². The predicted octanol–water partition coefficient (Wildman–Crippen LogP) is 3.32. The second-order valence-corrected chi connectivity index (χ2v) is 9.05. The van der Waals surface area contributed by atoms with Crippen molar-refractivity contribution in [2.75, 3.05) is 0 Å². The van der Waals surface area contributed by atoms with Gasteiger partial charge in [0.2, 0.25) is 0 Å². The lowest BCUT2D eigenvalue weighted by Crippen LogP contribution is -2.57. The summed E-state index contributed by atoms with van der Waals surface area (Å²) in [5, 5.41) is 10.4. The number of thiophene rings is 1. The van der Waals surface area contributed by atoms with Crippen LogP contribution in [0.3, 0.4) is 0 Å². The van der Waals surface area contributed by atoms with Crippen LogP contribution in [0.1, 0.15) is 38.5 Å². The molecule has 0 aromatic carbocycles. The number of halogens is 1. The summed E-state index contributed by atoms with van der Waals surface area (Å²) in [5.41, 5.74) is -0.804. The van der Waals surface area contributed by atoms with Gasteiger partial charge in [0.15, 0.2) is 0 Å². The minimum Gasteiger partial charge on any atom is -0.391 e. The van der Waals surface area contributed by atoms with Gasteiger partial charge in [0.1, 0.15) is 4.21 Å². The highest BCUT2D eigenvalue weighted by Gasteiger charge is 2.42. The lowest BCUT2D eigenvalue weighted by molar-refractivity contribution is 0.0506. The van der Waals surface area contributed by atoms with Crippen molar-refractivity contribution in [2.24, 2.45) is 0 Å². The zero-order chi connectivity index (χ0) is 15.5. The molecule has 1 aromatic heterocycles. The summed E-state index contributed by atoms with van der Waals surface area (Å²) < 4.78 is 28.4. The predicted molar refractivity (Wildman–Crippen MR) is 86.3 cm³/mol. The smallest absolute Gasteiger partial charge is 0.250 e. The van der Waals surface area contributed by atoms with Crippen molar-refractivity contribution in [1.82, 2.24) is 4.72 Å². The minimum absolute atomic E-state index is 0.184. The highest BCUT2D eigenvalue weighted by molar-refractivity contribution is 7.91. The summed E-state index contributed by atoms with van der Waals surface area (Å²) in [4.78, 5) is 0. The Labute approximate surface area is 134 Å². The fourth-order valence-electron chi connectivity index (χ4n) is 2.83. The Bertz CT molecular complexity index is 591. The molecule has 0 radical (unpaired) electrons. The van der Waals surface area contributed by atoms with E-state index in [4.69, 9.17) is 11.6 Å².